The first-order chi connectivity index (χ1) is 16.7. The van der Waals surface area contributed by atoms with Crippen molar-refractivity contribution >= 4 is 33.1 Å². The van der Waals surface area contributed by atoms with E-state index in [0.29, 0.717) is 29.6 Å². The van der Waals surface area contributed by atoms with Gasteiger partial charge in [-0.25, -0.2) is 13.4 Å². The molecule has 4 aromatic rings. The summed E-state index contributed by atoms with van der Waals surface area (Å²) in [5.74, 6) is 0.116. The van der Waals surface area contributed by atoms with Gasteiger partial charge in [0.2, 0.25) is 15.2 Å². The summed E-state index contributed by atoms with van der Waals surface area (Å²) in [7, 11) is -3.58. The molecule has 0 radical (unpaired) electrons. The average molecular weight is 510 g/mol. The molecule has 182 valence electrons. The minimum absolute atomic E-state index is 0.157. The lowest BCUT2D eigenvalue weighted by Crippen LogP contribution is -2.30. The molecule has 0 aliphatic carbocycles. The van der Waals surface area contributed by atoms with Gasteiger partial charge in [-0.05, 0) is 38.1 Å². The van der Waals surface area contributed by atoms with Crippen molar-refractivity contribution in [3.63, 3.8) is 0 Å². The van der Waals surface area contributed by atoms with Crippen LogP contribution in [-0.4, -0.2) is 46.5 Å². The Kier molecular flexibility index (Phi) is 7.15. The molecule has 0 aliphatic rings. The molecule has 8 nitrogen and oxygen atoms in total. The molecule has 2 aromatic heterocycles. The average Bonchev–Trinajstić information content (AvgIpc) is 3.47. The van der Waals surface area contributed by atoms with Gasteiger partial charge in [0, 0.05) is 35.7 Å². The molecule has 2 aromatic carbocycles. The second-order valence-corrected chi connectivity index (χ2v) is 10.8. The third-order valence-corrected chi connectivity index (χ3v) is 8.43. The van der Waals surface area contributed by atoms with E-state index in [1.54, 1.807) is 24.6 Å². The molecule has 0 spiro atoms. The topological polar surface area (TPSA) is 97.2 Å². The third kappa shape index (κ3) is 5.19. The van der Waals surface area contributed by atoms with E-state index in [2.05, 4.69) is 10.4 Å². The summed E-state index contributed by atoms with van der Waals surface area (Å²) in [4.78, 5) is 17.8. The molecule has 0 saturated heterocycles. The number of sulfonamides is 1. The number of benzene rings is 2. The number of hydrogen-bond acceptors (Lipinski definition) is 6. The Morgan fingerprint density at radius 2 is 1.69 bits per heavy atom. The lowest BCUT2D eigenvalue weighted by Gasteiger charge is -2.18. The Labute approximate surface area is 209 Å². The summed E-state index contributed by atoms with van der Waals surface area (Å²) in [5, 5.41) is 9.96. The quantitative estimate of drug-likeness (QED) is 0.365. The smallest absolute Gasteiger partial charge is 0.256 e. The van der Waals surface area contributed by atoms with Crippen LogP contribution in [0.5, 0.6) is 0 Å². The fourth-order valence-corrected chi connectivity index (χ4v) is 5.89. The fourth-order valence-electron chi connectivity index (χ4n) is 3.63. The number of carbonyl (C=O) groups excluding carboxylic acids is 1. The van der Waals surface area contributed by atoms with Crippen molar-refractivity contribution in [2.45, 2.75) is 32.6 Å². The normalized spacial score (nSPS) is 11.7. The summed E-state index contributed by atoms with van der Waals surface area (Å²) < 4.78 is 28.4. The van der Waals surface area contributed by atoms with Gasteiger partial charge in [0.15, 0.2) is 0 Å². The summed E-state index contributed by atoms with van der Waals surface area (Å²) >= 11 is 1.43. The van der Waals surface area contributed by atoms with Crippen molar-refractivity contribution in [3.05, 3.63) is 76.8 Å². The standard InChI is InChI=1S/C25H27N5O3S2/c1-5-29(6-2)35(32,33)21-13-11-20(12-14-21)24(31)27-23-15-18(4)28-30(23)25-26-22(16-34-25)19-9-7-17(3)8-10-19/h7-16H,5-6H2,1-4H3,(H,27,31). The van der Waals surface area contributed by atoms with Gasteiger partial charge in [0.05, 0.1) is 16.3 Å². The number of anilines is 1. The van der Waals surface area contributed by atoms with E-state index in [-0.39, 0.29) is 10.8 Å². The molecule has 35 heavy (non-hydrogen) atoms. The van der Waals surface area contributed by atoms with E-state index in [1.165, 1.54) is 45.5 Å². The Morgan fingerprint density at radius 3 is 2.31 bits per heavy atom. The van der Waals surface area contributed by atoms with Crippen molar-refractivity contribution in [1.29, 1.82) is 0 Å². The number of aromatic nitrogens is 3. The van der Waals surface area contributed by atoms with Crippen molar-refractivity contribution in [2.24, 2.45) is 0 Å². The molecule has 1 amide bonds. The first-order valence-electron chi connectivity index (χ1n) is 11.2. The van der Waals surface area contributed by atoms with Crippen LogP contribution >= 0.6 is 11.3 Å². The molecule has 0 saturated carbocycles. The number of nitrogens with one attached hydrogen (secondary N) is 1. The third-order valence-electron chi connectivity index (χ3n) is 5.55. The Balaban J connectivity index is 1.55. The van der Waals surface area contributed by atoms with Gasteiger partial charge in [0.25, 0.3) is 5.91 Å². The van der Waals surface area contributed by atoms with Gasteiger partial charge in [-0.15, -0.1) is 11.3 Å². The van der Waals surface area contributed by atoms with Gasteiger partial charge >= 0.3 is 0 Å². The van der Waals surface area contributed by atoms with Crippen LogP contribution in [-0.2, 0) is 10.0 Å². The number of nitrogens with zero attached hydrogens (tertiary/aromatic N) is 4. The summed E-state index contributed by atoms with van der Waals surface area (Å²) in [6.45, 7) is 8.22. The highest BCUT2D eigenvalue weighted by Crippen LogP contribution is 2.27. The van der Waals surface area contributed by atoms with Crippen LogP contribution in [0.3, 0.4) is 0 Å². The predicted molar refractivity (Wildman–Crippen MR) is 139 cm³/mol. The highest BCUT2D eigenvalue weighted by Gasteiger charge is 2.22. The summed E-state index contributed by atoms with van der Waals surface area (Å²) in [6.07, 6.45) is 0. The van der Waals surface area contributed by atoms with E-state index >= 15 is 0 Å². The highest BCUT2D eigenvalue weighted by molar-refractivity contribution is 7.89. The van der Waals surface area contributed by atoms with Crippen LogP contribution in [0.25, 0.3) is 16.4 Å². The van der Waals surface area contributed by atoms with Gasteiger partial charge in [-0.1, -0.05) is 43.7 Å². The second kappa shape index (κ2) is 10.1. The fraction of sp³-hybridized carbons (Fsp3) is 0.240. The van der Waals surface area contributed by atoms with Crippen LogP contribution in [0.2, 0.25) is 0 Å². The maximum absolute atomic E-state index is 12.9. The molecule has 10 heteroatoms. The summed E-state index contributed by atoms with van der Waals surface area (Å²) in [5.41, 5.74) is 4.09. The molecule has 1 N–H and O–H groups in total. The van der Waals surface area contributed by atoms with Crippen molar-refractivity contribution < 1.29 is 13.2 Å². The SMILES string of the molecule is CCN(CC)S(=O)(=O)c1ccc(C(=O)Nc2cc(C)nn2-c2nc(-c3ccc(C)cc3)cs2)cc1. The first kappa shape index (κ1) is 24.8. The second-order valence-electron chi connectivity index (χ2n) is 8.03. The number of carbonyl (C=O) groups is 1. The van der Waals surface area contributed by atoms with Crippen molar-refractivity contribution in [2.75, 3.05) is 18.4 Å². The number of amides is 1. The molecular weight excluding hydrogens is 482 g/mol. The Hall–Kier alpha value is -3.34. The van der Waals surface area contributed by atoms with Gasteiger partial charge in [0.1, 0.15) is 5.82 Å². The molecule has 0 atom stereocenters. The number of aryl methyl sites for hydroxylation is 2. The minimum atomic E-state index is -3.58. The zero-order chi connectivity index (χ0) is 25.2. The van der Waals surface area contributed by atoms with Gasteiger partial charge < -0.3 is 5.32 Å². The maximum atomic E-state index is 12.9. The maximum Gasteiger partial charge on any atom is 0.256 e. The number of thiazole rings is 1. The lowest BCUT2D eigenvalue weighted by atomic mass is 10.1. The first-order valence-corrected chi connectivity index (χ1v) is 13.6. The zero-order valence-corrected chi connectivity index (χ0v) is 21.7. The van der Waals surface area contributed by atoms with Crippen LogP contribution < -0.4 is 5.32 Å². The zero-order valence-electron chi connectivity index (χ0n) is 20.0. The molecule has 4 rings (SSSR count). The molecule has 0 bridgehead atoms. The molecule has 0 aliphatic heterocycles. The van der Waals surface area contributed by atoms with E-state index in [9.17, 15) is 13.2 Å². The Morgan fingerprint density at radius 1 is 1.03 bits per heavy atom. The van der Waals surface area contributed by atoms with E-state index in [1.807, 2.05) is 43.5 Å². The monoisotopic (exact) mass is 509 g/mol. The molecular formula is C25H27N5O3S2. The van der Waals surface area contributed by atoms with Gasteiger partial charge in [-0.2, -0.15) is 14.1 Å². The van der Waals surface area contributed by atoms with Crippen LogP contribution in [0.4, 0.5) is 5.82 Å². The molecule has 0 fully saturated rings. The number of hydrogen-bond donors (Lipinski definition) is 1. The minimum Gasteiger partial charge on any atom is -0.306 e. The van der Waals surface area contributed by atoms with Gasteiger partial charge in [-0.3, -0.25) is 4.79 Å². The Bertz CT molecular complexity index is 1440. The molecule has 0 unspecified atom stereocenters. The molecule has 2 heterocycles. The highest BCUT2D eigenvalue weighted by atomic mass is 32.2. The van der Waals surface area contributed by atoms with Crippen molar-refractivity contribution in [3.8, 4) is 16.4 Å². The van der Waals surface area contributed by atoms with Crippen LogP contribution in [0.1, 0.15) is 35.5 Å². The van der Waals surface area contributed by atoms with E-state index in [4.69, 9.17) is 4.98 Å². The summed E-state index contributed by atoms with van der Waals surface area (Å²) in [6, 6.07) is 15.8. The van der Waals surface area contributed by atoms with Crippen LogP contribution in [0, 0.1) is 13.8 Å². The van der Waals surface area contributed by atoms with Crippen molar-refractivity contribution in [1.82, 2.24) is 19.1 Å². The predicted octanol–water partition coefficient (Wildman–Crippen LogP) is 4.90. The van der Waals surface area contributed by atoms with E-state index in [0.717, 1.165) is 17.0 Å². The largest absolute Gasteiger partial charge is 0.306 e. The lowest BCUT2D eigenvalue weighted by molar-refractivity contribution is 0.102. The van der Waals surface area contributed by atoms with E-state index < -0.39 is 10.0 Å². The number of rotatable bonds is 8. The van der Waals surface area contributed by atoms with Crippen LogP contribution in [0.15, 0.2) is 64.9 Å².